The molecule has 3 aromatic rings. The Morgan fingerprint density at radius 3 is 2.55 bits per heavy atom. The number of nitrogens with two attached hydrogens (primary N) is 1. The molecule has 7 nitrogen and oxygen atoms in total. The minimum atomic E-state index is -0.263. The van der Waals surface area contributed by atoms with E-state index in [-0.39, 0.29) is 6.04 Å². The fraction of sp³-hybridized carbons (Fsp3) is 0.0769. The Hall–Kier alpha value is -2.64. The molecule has 3 N–H and O–H groups in total. The summed E-state index contributed by atoms with van der Waals surface area (Å²) < 4.78 is 1.74. The molecule has 20 heavy (non-hydrogen) atoms. The molecule has 0 bridgehead atoms. The van der Waals surface area contributed by atoms with Crippen LogP contribution in [-0.2, 0) is 0 Å². The lowest BCUT2D eigenvalue weighted by atomic mass is 10.1. The quantitative estimate of drug-likeness (QED) is 0.531. The molecule has 0 aliphatic heterocycles. The monoisotopic (exact) mass is 267 g/mol. The summed E-state index contributed by atoms with van der Waals surface area (Å²) in [4.78, 5) is 0. The normalized spacial score (nSPS) is 12.2. The first kappa shape index (κ1) is 12.4. The third-order valence-corrected chi connectivity index (χ3v) is 2.98. The van der Waals surface area contributed by atoms with Crippen molar-refractivity contribution in [2.45, 2.75) is 6.04 Å². The third kappa shape index (κ3) is 2.27. The Bertz CT molecular complexity index is 665. The van der Waals surface area contributed by atoms with Gasteiger partial charge in [-0.2, -0.15) is 10.2 Å². The summed E-state index contributed by atoms with van der Waals surface area (Å²) in [6.07, 6.45) is 4.96. The van der Waals surface area contributed by atoms with E-state index in [0.29, 0.717) is 0 Å². The number of hydrazine groups is 1. The predicted molar refractivity (Wildman–Crippen MR) is 72.6 cm³/mol. The first-order chi connectivity index (χ1) is 9.90. The van der Waals surface area contributed by atoms with Gasteiger partial charge in [0.15, 0.2) is 0 Å². The number of para-hydroxylation sites is 1. The van der Waals surface area contributed by atoms with Crippen LogP contribution in [-0.4, -0.2) is 25.2 Å². The van der Waals surface area contributed by atoms with Crippen molar-refractivity contribution in [1.29, 1.82) is 0 Å². The zero-order valence-corrected chi connectivity index (χ0v) is 10.6. The van der Waals surface area contributed by atoms with Crippen molar-refractivity contribution in [2.24, 2.45) is 5.84 Å². The van der Waals surface area contributed by atoms with Crippen molar-refractivity contribution in [2.75, 3.05) is 0 Å². The molecule has 0 spiro atoms. The van der Waals surface area contributed by atoms with Crippen molar-refractivity contribution >= 4 is 0 Å². The van der Waals surface area contributed by atoms with Gasteiger partial charge in [-0.25, -0.2) is 10.1 Å². The molecule has 2 heterocycles. The van der Waals surface area contributed by atoms with Crippen LogP contribution >= 0.6 is 0 Å². The van der Waals surface area contributed by atoms with Gasteiger partial charge >= 0.3 is 0 Å². The second-order valence-corrected chi connectivity index (χ2v) is 4.18. The van der Waals surface area contributed by atoms with E-state index < -0.39 is 0 Å². The van der Waals surface area contributed by atoms with Crippen LogP contribution in [0.2, 0.25) is 0 Å². The molecular weight excluding hydrogens is 254 g/mol. The molecule has 0 fully saturated rings. The van der Waals surface area contributed by atoms with E-state index in [4.69, 9.17) is 5.84 Å². The summed E-state index contributed by atoms with van der Waals surface area (Å²) in [6, 6.07) is 11.3. The molecule has 7 heteroatoms. The van der Waals surface area contributed by atoms with Crippen molar-refractivity contribution in [1.82, 2.24) is 30.6 Å². The van der Waals surface area contributed by atoms with E-state index in [9.17, 15) is 0 Å². The van der Waals surface area contributed by atoms with Crippen LogP contribution in [0.5, 0.6) is 0 Å². The molecule has 0 aliphatic rings. The largest absolute Gasteiger partial charge is 0.271 e. The van der Waals surface area contributed by atoms with Gasteiger partial charge in [0.2, 0.25) is 0 Å². The van der Waals surface area contributed by atoms with Gasteiger partial charge in [0.05, 0.1) is 29.8 Å². The maximum Gasteiger partial charge on any atom is 0.0915 e. The van der Waals surface area contributed by atoms with Crippen LogP contribution in [0, 0.1) is 0 Å². The fourth-order valence-electron chi connectivity index (χ4n) is 2.03. The molecule has 1 aromatic carbocycles. The Kier molecular flexibility index (Phi) is 3.44. The number of nitrogens with one attached hydrogen (secondary N) is 1. The van der Waals surface area contributed by atoms with Gasteiger partial charge in [-0.15, -0.1) is 5.10 Å². The molecular formula is C13H13N7. The van der Waals surface area contributed by atoms with Gasteiger partial charge in [0, 0.05) is 6.20 Å². The highest BCUT2D eigenvalue weighted by Gasteiger charge is 2.19. The topological polar surface area (TPSA) is 94.5 Å². The number of rotatable bonds is 4. The summed E-state index contributed by atoms with van der Waals surface area (Å²) >= 11 is 0. The lowest BCUT2D eigenvalue weighted by molar-refractivity contribution is 0.592. The summed E-state index contributed by atoms with van der Waals surface area (Å²) in [5, 5.41) is 15.7. The molecule has 0 radical (unpaired) electrons. The van der Waals surface area contributed by atoms with Crippen LogP contribution in [0.15, 0.2) is 55.0 Å². The van der Waals surface area contributed by atoms with Gasteiger partial charge < -0.3 is 0 Å². The van der Waals surface area contributed by atoms with Crippen LogP contribution in [0.3, 0.4) is 0 Å². The summed E-state index contributed by atoms with van der Waals surface area (Å²) in [7, 11) is 0. The summed E-state index contributed by atoms with van der Waals surface area (Å²) in [6.45, 7) is 0. The van der Waals surface area contributed by atoms with Crippen molar-refractivity contribution in [3.63, 3.8) is 0 Å². The highest BCUT2D eigenvalue weighted by molar-refractivity contribution is 5.34. The zero-order valence-electron chi connectivity index (χ0n) is 10.6. The average molecular weight is 267 g/mol. The molecule has 0 amide bonds. The van der Waals surface area contributed by atoms with Gasteiger partial charge in [0.25, 0.3) is 0 Å². The Morgan fingerprint density at radius 2 is 1.85 bits per heavy atom. The van der Waals surface area contributed by atoms with E-state index in [1.165, 1.54) is 0 Å². The summed E-state index contributed by atoms with van der Waals surface area (Å²) in [5.74, 6) is 5.68. The fourth-order valence-corrected chi connectivity index (χ4v) is 2.03. The van der Waals surface area contributed by atoms with Crippen LogP contribution < -0.4 is 11.3 Å². The molecule has 2 aromatic heterocycles. The highest BCUT2D eigenvalue weighted by atomic mass is 15.4. The number of aromatic nitrogens is 5. The first-order valence-corrected chi connectivity index (χ1v) is 6.09. The van der Waals surface area contributed by atoms with Crippen LogP contribution in [0.1, 0.15) is 17.3 Å². The number of benzene rings is 1. The molecule has 1 unspecified atom stereocenters. The van der Waals surface area contributed by atoms with E-state index in [1.807, 2.05) is 36.4 Å². The van der Waals surface area contributed by atoms with E-state index in [1.54, 1.807) is 23.3 Å². The van der Waals surface area contributed by atoms with Crippen molar-refractivity contribution < 1.29 is 0 Å². The minimum Gasteiger partial charge on any atom is -0.271 e. The minimum absolute atomic E-state index is 0.263. The van der Waals surface area contributed by atoms with Gasteiger partial charge in [0.1, 0.15) is 0 Å². The molecule has 0 aliphatic carbocycles. The third-order valence-electron chi connectivity index (χ3n) is 2.98. The number of nitrogens with zero attached hydrogens (tertiary/aromatic N) is 5. The Labute approximate surface area is 115 Å². The standard InChI is InChI=1S/C13H13N7/c14-18-13(10-6-7-15-16-8-10)12-9-17-19-20(12)11-4-2-1-3-5-11/h1-9,13,18H,14H2. The van der Waals surface area contributed by atoms with Gasteiger partial charge in [-0.3, -0.25) is 5.84 Å². The Morgan fingerprint density at radius 1 is 1.00 bits per heavy atom. The number of hydrogen-bond donors (Lipinski definition) is 2. The van der Waals surface area contributed by atoms with Crippen molar-refractivity contribution in [3.8, 4) is 5.69 Å². The SMILES string of the molecule is NNC(c1ccnnc1)c1cnnn1-c1ccccc1. The second-order valence-electron chi connectivity index (χ2n) is 4.18. The number of hydrogen-bond acceptors (Lipinski definition) is 6. The Balaban J connectivity index is 2.04. The second kappa shape index (κ2) is 5.55. The maximum absolute atomic E-state index is 5.68. The lowest BCUT2D eigenvalue weighted by Gasteiger charge is -2.16. The van der Waals surface area contributed by atoms with E-state index in [2.05, 4.69) is 25.9 Å². The molecule has 0 saturated heterocycles. The van der Waals surface area contributed by atoms with E-state index in [0.717, 1.165) is 16.9 Å². The smallest absolute Gasteiger partial charge is 0.0915 e. The summed E-state index contributed by atoms with van der Waals surface area (Å²) in [5.41, 5.74) is 5.40. The van der Waals surface area contributed by atoms with Crippen molar-refractivity contribution in [3.05, 3.63) is 66.2 Å². The zero-order chi connectivity index (χ0) is 13.8. The first-order valence-electron chi connectivity index (χ1n) is 6.09. The lowest BCUT2D eigenvalue weighted by Crippen LogP contribution is -2.30. The van der Waals surface area contributed by atoms with Gasteiger partial charge in [-0.05, 0) is 23.8 Å². The molecule has 0 saturated carbocycles. The van der Waals surface area contributed by atoms with E-state index >= 15 is 0 Å². The molecule has 100 valence electrons. The van der Waals surface area contributed by atoms with Crippen LogP contribution in [0.4, 0.5) is 0 Å². The predicted octanol–water partition coefficient (Wildman–Crippen LogP) is 0.610. The van der Waals surface area contributed by atoms with Gasteiger partial charge in [-0.1, -0.05) is 23.4 Å². The van der Waals surface area contributed by atoms with Crippen LogP contribution in [0.25, 0.3) is 5.69 Å². The average Bonchev–Trinajstić information content (AvgIpc) is 2.99. The maximum atomic E-state index is 5.68. The molecule has 1 atom stereocenters. The highest BCUT2D eigenvalue weighted by Crippen LogP contribution is 2.21. The molecule has 3 rings (SSSR count).